The van der Waals surface area contributed by atoms with Gasteiger partial charge in [-0.2, -0.15) is 0 Å². The smallest absolute Gasteiger partial charge is 0.407 e. The number of ether oxygens (including phenoxy) is 1. The van der Waals surface area contributed by atoms with Gasteiger partial charge in [0.1, 0.15) is 12.6 Å². The van der Waals surface area contributed by atoms with Crippen molar-refractivity contribution in [1.82, 2.24) is 15.6 Å². The summed E-state index contributed by atoms with van der Waals surface area (Å²) in [5, 5.41) is 18.3. The SMILES string of the molecule is O=C(O)CCc1ccccc1NC(=O)C(CCCNC(=O)OCc1ccccn1)NC(=O)c1cc2ccccc2s1. The van der Waals surface area contributed by atoms with Crippen molar-refractivity contribution in [3.05, 3.63) is 95.1 Å². The zero-order chi connectivity index (χ0) is 29.0. The number of alkyl carbamates (subject to hydrolysis) is 1. The number of nitrogens with zero attached hydrogens (tertiary/aromatic N) is 1. The van der Waals surface area contributed by atoms with E-state index in [1.807, 2.05) is 24.3 Å². The van der Waals surface area contributed by atoms with Gasteiger partial charge in [0.25, 0.3) is 5.91 Å². The van der Waals surface area contributed by atoms with Crippen LogP contribution in [0.15, 0.2) is 79.0 Å². The lowest BCUT2D eigenvalue weighted by Gasteiger charge is -2.19. The minimum Gasteiger partial charge on any atom is -0.481 e. The van der Waals surface area contributed by atoms with Crippen LogP contribution in [0.1, 0.15) is 40.2 Å². The van der Waals surface area contributed by atoms with Gasteiger partial charge in [0, 0.05) is 29.5 Å². The van der Waals surface area contributed by atoms with Crippen molar-refractivity contribution in [3.8, 4) is 0 Å². The van der Waals surface area contributed by atoms with E-state index in [9.17, 15) is 19.2 Å². The average Bonchev–Trinajstić information content (AvgIpc) is 3.42. The van der Waals surface area contributed by atoms with Crippen LogP contribution < -0.4 is 16.0 Å². The first-order valence-corrected chi connectivity index (χ1v) is 13.9. The van der Waals surface area contributed by atoms with Gasteiger partial charge in [0.2, 0.25) is 5.91 Å². The van der Waals surface area contributed by atoms with Crippen LogP contribution in [0.2, 0.25) is 0 Å². The molecule has 4 rings (SSSR count). The minimum absolute atomic E-state index is 0.0320. The Labute approximate surface area is 240 Å². The topological polar surface area (TPSA) is 147 Å². The summed E-state index contributed by atoms with van der Waals surface area (Å²) in [6, 6.07) is 20.8. The summed E-state index contributed by atoms with van der Waals surface area (Å²) in [4.78, 5) is 54.2. The third kappa shape index (κ3) is 8.87. The molecule has 4 aromatic rings. The molecule has 1 atom stereocenters. The number of carbonyl (C=O) groups excluding carboxylic acids is 3. The number of nitrogens with one attached hydrogen (secondary N) is 3. The van der Waals surface area contributed by atoms with Crippen molar-refractivity contribution in [1.29, 1.82) is 0 Å². The van der Waals surface area contributed by atoms with Crippen LogP contribution in [0, 0.1) is 0 Å². The van der Waals surface area contributed by atoms with Crippen molar-refractivity contribution in [3.63, 3.8) is 0 Å². The molecular formula is C30H30N4O6S. The van der Waals surface area contributed by atoms with Crippen LogP contribution in [0.5, 0.6) is 0 Å². The first-order chi connectivity index (χ1) is 19.9. The molecule has 0 aliphatic heterocycles. The Bertz CT molecular complexity index is 1470. The van der Waals surface area contributed by atoms with E-state index >= 15 is 0 Å². The predicted molar refractivity (Wildman–Crippen MR) is 156 cm³/mol. The van der Waals surface area contributed by atoms with Gasteiger partial charge in [-0.05, 0) is 60.5 Å². The Kier molecular flexibility index (Phi) is 10.4. The maximum Gasteiger partial charge on any atom is 0.407 e. The van der Waals surface area contributed by atoms with Gasteiger partial charge in [-0.3, -0.25) is 19.4 Å². The number of carboxylic acids is 1. The number of carboxylic acid groups (broad SMARTS) is 1. The molecule has 2 aromatic heterocycles. The van der Waals surface area contributed by atoms with Crippen LogP contribution in [0.3, 0.4) is 0 Å². The summed E-state index contributed by atoms with van der Waals surface area (Å²) >= 11 is 1.33. The molecule has 10 nitrogen and oxygen atoms in total. The number of thiophene rings is 1. The largest absolute Gasteiger partial charge is 0.481 e. The Morgan fingerprint density at radius 2 is 1.76 bits per heavy atom. The molecule has 0 saturated heterocycles. The highest BCUT2D eigenvalue weighted by molar-refractivity contribution is 7.20. The summed E-state index contributed by atoms with van der Waals surface area (Å²) < 4.78 is 6.12. The number of carbonyl (C=O) groups is 4. The summed E-state index contributed by atoms with van der Waals surface area (Å²) in [5.41, 5.74) is 1.78. The highest BCUT2D eigenvalue weighted by Crippen LogP contribution is 2.25. The van der Waals surface area contributed by atoms with Gasteiger partial charge >= 0.3 is 12.1 Å². The Balaban J connectivity index is 1.39. The average molecular weight is 575 g/mol. The molecule has 0 fully saturated rings. The number of aryl methyl sites for hydroxylation is 1. The van der Waals surface area contributed by atoms with Gasteiger partial charge in [-0.25, -0.2) is 4.79 Å². The van der Waals surface area contributed by atoms with E-state index in [1.165, 1.54) is 11.3 Å². The number of aromatic nitrogens is 1. The summed E-state index contributed by atoms with van der Waals surface area (Å²) in [6.07, 6.45) is 1.78. The zero-order valence-electron chi connectivity index (χ0n) is 22.2. The Morgan fingerprint density at radius 1 is 0.976 bits per heavy atom. The lowest BCUT2D eigenvalue weighted by atomic mass is 10.1. The van der Waals surface area contributed by atoms with Crippen molar-refractivity contribution in [2.24, 2.45) is 0 Å². The highest BCUT2D eigenvalue weighted by atomic mass is 32.1. The van der Waals surface area contributed by atoms with E-state index in [0.29, 0.717) is 28.2 Å². The first-order valence-electron chi connectivity index (χ1n) is 13.1. The highest BCUT2D eigenvalue weighted by Gasteiger charge is 2.23. The molecule has 0 radical (unpaired) electrons. The van der Waals surface area contributed by atoms with Gasteiger partial charge in [0.05, 0.1) is 10.6 Å². The van der Waals surface area contributed by atoms with E-state index in [1.54, 1.807) is 54.7 Å². The number of hydrogen-bond acceptors (Lipinski definition) is 7. The molecule has 2 heterocycles. The molecular weight excluding hydrogens is 544 g/mol. The van der Waals surface area contributed by atoms with Gasteiger partial charge in [0.15, 0.2) is 0 Å². The van der Waals surface area contributed by atoms with Crippen LogP contribution in [0.25, 0.3) is 10.1 Å². The quantitative estimate of drug-likeness (QED) is 0.168. The standard InChI is InChI=1S/C30H30N4O6S/c35-27(36)15-14-20-8-1-3-11-23(20)33-28(37)24(34-29(38)26-18-21-9-2-4-13-25(21)41-26)12-7-17-32-30(39)40-19-22-10-5-6-16-31-22/h1-6,8-11,13,16,18,24H,7,12,14-15,17,19H2,(H,32,39)(H,33,37)(H,34,38)(H,35,36). The van der Waals surface area contributed by atoms with Crippen LogP contribution in [-0.2, 0) is 27.4 Å². The summed E-state index contributed by atoms with van der Waals surface area (Å²) in [7, 11) is 0. The van der Waals surface area contributed by atoms with Crippen LogP contribution in [-0.4, -0.2) is 46.6 Å². The maximum atomic E-state index is 13.4. The lowest BCUT2D eigenvalue weighted by Crippen LogP contribution is -2.44. The van der Waals surface area contributed by atoms with Crippen molar-refractivity contribution < 1.29 is 29.0 Å². The van der Waals surface area contributed by atoms with Crippen LogP contribution in [0.4, 0.5) is 10.5 Å². The van der Waals surface area contributed by atoms with E-state index in [4.69, 9.17) is 9.84 Å². The number of pyridine rings is 1. The van der Waals surface area contributed by atoms with E-state index in [2.05, 4.69) is 20.9 Å². The second-order valence-corrected chi connectivity index (χ2v) is 10.3. The molecule has 0 saturated carbocycles. The van der Waals surface area contributed by atoms with Crippen molar-refractivity contribution in [2.75, 3.05) is 11.9 Å². The fourth-order valence-corrected chi connectivity index (χ4v) is 5.05. The summed E-state index contributed by atoms with van der Waals surface area (Å²) in [6.45, 7) is 0.253. The molecule has 0 spiro atoms. The molecule has 0 aliphatic carbocycles. The lowest BCUT2D eigenvalue weighted by molar-refractivity contribution is -0.137. The molecule has 1 unspecified atom stereocenters. The zero-order valence-corrected chi connectivity index (χ0v) is 23.0. The van der Waals surface area contributed by atoms with Gasteiger partial charge < -0.3 is 25.8 Å². The van der Waals surface area contributed by atoms with Crippen LogP contribution >= 0.6 is 11.3 Å². The number of hydrogen-bond donors (Lipinski definition) is 4. The molecule has 11 heteroatoms. The van der Waals surface area contributed by atoms with E-state index < -0.39 is 24.0 Å². The second kappa shape index (κ2) is 14.6. The molecule has 212 valence electrons. The number of amides is 3. The molecule has 0 bridgehead atoms. The summed E-state index contributed by atoms with van der Waals surface area (Å²) in [5.74, 6) is -1.76. The fraction of sp³-hybridized carbons (Fsp3) is 0.233. The molecule has 41 heavy (non-hydrogen) atoms. The molecule has 0 aliphatic rings. The number of rotatable bonds is 13. The molecule has 4 N–H and O–H groups in total. The fourth-order valence-electron chi connectivity index (χ4n) is 4.08. The minimum atomic E-state index is -0.939. The Morgan fingerprint density at radius 3 is 2.54 bits per heavy atom. The maximum absolute atomic E-state index is 13.4. The Hall–Kier alpha value is -4.77. The molecule has 2 aromatic carbocycles. The van der Waals surface area contributed by atoms with E-state index in [0.717, 1.165) is 10.1 Å². The number of aliphatic carboxylic acids is 1. The second-order valence-electron chi connectivity index (χ2n) is 9.18. The van der Waals surface area contributed by atoms with E-state index in [-0.39, 0.29) is 38.3 Å². The molecule has 3 amide bonds. The third-order valence-electron chi connectivity index (χ3n) is 6.17. The first kappa shape index (κ1) is 29.2. The van der Waals surface area contributed by atoms with Crippen molar-refractivity contribution >= 4 is 51.0 Å². The van der Waals surface area contributed by atoms with Crippen molar-refractivity contribution in [2.45, 2.75) is 38.3 Å². The van der Waals surface area contributed by atoms with Gasteiger partial charge in [-0.15, -0.1) is 11.3 Å². The normalized spacial score (nSPS) is 11.4. The third-order valence-corrected chi connectivity index (χ3v) is 7.29. The number of fused-ring (bicyclic) bond motifs is 1. The van der Waals surface area contributed by atoms with Gasteiger partial charge in [-0.1, -0.05) is 42.5 Å². The number of benzene rings is 2. The number of para-hydroxylation sites is 1. The predicted octanol–water partition coefficient (Wildman–Crippen LogP) is 4.76. The monoisotopic (exact) mass is 574 g/mol. The number of anilines is 1.